The maximum absolute atomic E-state index is 4.42. The lowest BCUT2D eigenvalue weighted by atomic mass is 10.2. The lowest BCUT2D eigenvalue weighted by Crippen LogP contribution is -1.84. The summed E-state index contributed by atoms with van der Waals surface area (Å²) in [5.41, 5.74) is 3.40. The zero-order valence-corrected chi connectivity index (χ0v) is 10.1. The number of aryl methyl sites for hydroxylation is 1. The topological polar surface area (TPSA) is 28.7 Å². The number of aromatic amines is 1. The van der Waals surface area contributed by atoms with Crippen molar-refractivity contribution in [3.05, 3.63) is 36.2 Å². The van der Waals surface area contributed by atoms with Crippen LogP contribution >= 0.6 is 11.8 Å². The molecule has 0 bridgehead atoms. The van der Waals surface area contributed by atoms with Crippen molar-refractivity contribution < 1.29 is 0 Å². The van der Waals surface area contributed by atoms with Gasteiger partial charge in [-0.05, 0) is 19.2 Å². The van der Waals surface area contributed by atoms with E-state index in [4.69, 9.17) is 0 Å². The van der Waals surface area contributed by atoms with Gasteiger partial charge in [-0.2, -0.15) is 0 Å². The third kappa shape index (κ3) is 1.25. The van der Waals surface area contributed by atoms with Crippen LogP contribution in [0.5, 0.6) is 0 Å². The Morgan fingerprint density at radius 3 is 2.88 bits per heavy atom. The molecule has 2 aromatic heterocycles. The Hall–Kier alpha value is -1.48. The van der Waals surface area contributed by atoms with Gasteiger partial charge in [0.1, 0.15) is 0 Å². The molecule has 2 heterocycles. The van der Waals surface area contributed by atoms with E-state index in [0.717, 1.165) is 11.2 Å². The molecule has 2 nitrogen and oxygen atoms in total. The maximum atomic E-state index is 4.42. The summed E-state index contributed by atoms with van der Waals surface area (Å²) in [5, 5.41) is 2.59. The van der Waals surface area contributed by atoms with Gasteiger partial charge in [0.15, 0.2) is 0 Å². The van der Waals surface area contributed by atoms with Crippen molar-refractivity contribution in [3.8, 4) is 0 Å². The van der Waals surface area contributed by atoms with Gasteiger partial charge in [-0.3, -0.25) is 4.98 Å². The summed E-state index contributed by atoms with van der Waals surface area (Å²) in [6.45, 7) is 2.04. The summed E-state index contributed by atoms with van der Waals surface area (Å²) in [5.74, 6) is 0. The van der Waals surface area contributed by atoms with Crippen LogP contribution < -0.4 is 0 Å². The highest BCUT2D eigenvalue weighted by Gasteiger charge is 2.10. The number of H-pyrrole nitrogens is 1. The molecule has 0 spiro atoms. The van der Waals surface area contributed by atoms with E-state index in [1.807, 2.05) is 13.1 Å². The highest BCUT2D eigenvalue weighted by atomic mass is 32.2. The molecule has 0 saturated heterocycles. The van der Waals surface area contributed by atoms with E-state index in [1.54, 1.807) is 11.8 Å². The highest BCUT2D eigenvalue weighted by Crippen LogP contribution is 2.33. The average molecular weight is 228 g/mol. The molecule has 1 N–H and O–H groups in total. The monoisotopic (exact) mass is 228 g/mol. The quantitative estimate of drug-likeness (QED) is 0.643. The van der Waals surface area contributed by atoms with E-state index in [-0.39, 0.29) is 0 Å². The van der Waals surface area contributed by atoms with Crippen LogP contribution in [-0.4, -0.2) is 16.2 Å². The molecule has 0 amide bonds. The first-order chi connectivity index (χ1) is 7.81. The molecular formula is C13H12N2S. The lowest BCUT2D eigenvalue weighted by Gasteiger charge is -2.01. The average Bonchev–Trinajstić information content (AvgIpc) is 2.70. The molecule has 1 aromatic carbocycles. The van der Waals surface area contributed by atoms with Crippen molar-refractivity contribution in [1.82, 2.24) is 9.97 Å². The van der Waals surface area contributed by atoms with Gasteiger partial charge in [-0.15, -0.1) is 11.8 Å². The third-order valence-corrected chi connectivity index (χ3v) is 3.66. The Labute approximate surface area is 98.1 Å². The van der Waals surface area contributed by atoms with E-state index in [9.17, 15) is 0 Å². The zero-order chi connectivity index (χ0) is 11.1. The normalized spacial score (nSPS) is 11.4. The minimum Gasteiger partial charge on any atom is -0.353 e. The van der Waals surface area contributed by atoms with E-state index >= 15 is 0 Å². The Morgan fingerprint density at radius 2 is 2.06 bits per heavy atom. The van der Waals surface area contributed by atoms with Crippen molar-refractivity contribution in [1.29, 1.82) is 0 Å². The first-order valence-electron chi connectivity index (χ1n) is 5.21. The molecule has 0 saturated carbocycles. The standard InChI is InChI=1S/C13H12N2S/c1-8-13-12(11(16-2)7-14-8)9-5-3-4-6-10(9)15-13/h3-7,15H,1-2H3. The smallest absolute Gasteiger partial charge is 0.0692 e. The van der Waals surface area contributed by atoms with Gasteiger partial charge < -0.3 is 4.98 Å². The molecule has 80 valence electrons. The zero-order valence-electron chi connectivity index (χ0n) is 9.24. The molecular weight excluding hydrogens is 216 g/mol. The van der Waals surface area contributed by atoms with Gasteiger partial charge in [0.25, 0.3) is 0 Å². The second kappa shape index (κ2) is 3.52. The first-order valence-corrected chi connectivity index (χ1v) is 6.43. The number of nitrogens with zero attached hydrogens (tertiary/aromatic N) is 1. The van der Waals surface area contributed by atoms with Crippen molar-refractivity contribution >= 4 is 33.6 Å². The number of para-hydroxylation sites is 1. The van der Waals surface area contributed by atoms with E-state index in [1.165, 1.54) is 21.2 Å². The highest BCUT2D eigenvalue weighted by molar-refractivity contribution is 7.98. The Bertz CT molecular complexity index is 670. The van der Waals surface area contributed by atoms with Gasteiger partial charge in [0.2, 0.25) is 0 Å². The summed E-state index contributed by atoms with van der Waals surface area (Å²) in [6.07, 6.45) is 4.05. The largest absolute Gasteiger partial charge is 0.353 e. The fourth-order valence-corrected chi connectivity index (χ4v) is 2.68. The molecule has 3 heteroatoms. The van der Waals surface area contributed by atoms with Crippen molar-refractivity contribution in [3.63, 3.8) is 0 Å². The van der Waals surface area contributed by atoms with Crippen LogP contribution in [0.15, 0.2) is 35.4 Å². The van der Waals surface area contributed by atoms with Crippen molar-refractivity contribution in [2.45, 2.75) is 11.8 Å². The van der Waals surface area contributed by atoms with Crippen molar-refractivity contribution in [2.24, 2.45) is 0 Å². The number of hydrogen-bond acceptors (Lipinski definition) is 2. The predicted octanol–water partition coefficient (Wildman–Crippen LogP) is 3.75. The third-order valence-electron chi connectivity index (χ3n) is 2.91. The van der Waals surface area contributed by atoms with Crippen LogP contribution in [0.25, 0.3) is 21.8 Å². The second-order valence-corrected chi connectivity index (χ2v) is 4.68. The summed E-state index contributed by atoms with van der Waals surface area (Å²) >= 11 is 1.74. The van der Waals surface area contributed by atoms with Gasteiger partial charge in [-0.25, -0.2) is 0 Å². The summed E-state index contributed by atoms with van der Waals surface area (Å²) in [7, 11) is 0. The summed E-state index contributed by atoms with van der Waals surface area (Å²) < 4.78 is 0. The Kier molecular flexibility index (Phi) is 2.14. The Balaban J connectivity index is 2.59. The lowest BCUT2D eigenvalue weighted by molar-refractivity contribution is 1.18. The number of pyridine rings is 1. The number of nitrogens with one attached hydrogen (secondary N) is 1. The molecule has 0 atom stereocenters. The molecule has 0 unspecified atom stereocenters. The van der Waals surface area contributed by atoms with Crippen LogP contribution in [0.1, 0.15) is 5.69 Å². The number of rotatable bonds is 1. The first kappa shape index (κ1) is 9.73. The number of benzene rings is 1. The predicted molar refractivity (Wildman–Crippen MR) is 70.1 cm³/mol. The van der Waals surface area contributed by atoms with Crippen LogP contribution in [0.4, 0.5) is 0 Å². The molecule has 3 aromatic rings. The molecule has 0 radical (unpaired) electrons. The van der Waals surface area contributed by atoms with E-state index in [0.29, 0.717) is 0 Å². The number of fused-ring (bicyclic) bond motifs is 3. The van der Waals surface area contributed by atoms with Gasteiger partial charge in [-0.1, -0.05) is 18.2 Å². The number of aromatic nitrogens is 2. The minimum atomic E-state index is 1.06. The minimum absolute atomic E-state index is 1.06. The van der Waals surface area contributed by atoms with Crippen LogP contribution in [0.3, 0.4) is 0 Å². The van der Waals surface area contributed by atoms with Gasteiger partial charge in [0, 0.05) is 27.4 Å². The molecule has 16 heavy (non-hydrogen) atoms. The maximum Gasteiger partial charge on any atom is 0.0692 e. The molecule has 3 rings (SSSR count). The van der Waals surface area contributed by atoms with Gasteiger partial charge >= 0.3 is 0 Å². The molecule has 0 fully saturated rings. The number of hydrogen-bond donors (Lipinski definition) is 1. The summed E-state index contributed by atoms with van der Waals surface area (Å²) in [6, 6.07) is 8.40. The fraction of sp³-hybridized carbons (Fsp3) is 0.154. The van der Waals surface area contributed by atoms with E-state index in [2.05, 4.69) is 40.5 Å². The van der Waals surface area contributed by atoms with Crippen molar-refractivity contribution in [2.75, 3.05) is 6.26 Å². The second-order valence-electron chi connectivity index (χ2n) is 3.83. The molecule has 0 aliphatic heterocycles. The number of thioether (sulfide) groups is 1. The Morgan fingerprint density at radius 1 is 1.25 bits per heavy atom. The summed E-state index contributed by atoms with van der Waals surface area (Å²) in [4.78, 5) is 9.10. The SMILES string of the molecule is CSc1cnc(C)c2[nH]c3ccccc3c12. The van der Waals surface area contributed by atoms with E-state index < -0.39 is 0 Å². The van der Waals surface area contributed by atoms with Crippen LogP contribution in [0.2, 0.25) is 0 Å². The van der Waals surface area contributed by atoms with Crippen LogP contribution in [0, 0.1) is 6.92 Å². The van der Waals surface area contributed by atoms with Gasteiger partial charge in [0.05, 0.1) is 11.2 Å². The molecule has 0 aliphatic rings. The molecule has 0 aliphatic carbocycles. The fourth-order valence-electron chi connectivity index (χ4n) is 2.11. The van der Waals surface area contributed by atoms with Crippen LogP contribution in [-0.2, 0) is 0 Å².